The van der Waals surface area contributed by atoms with Gasteiger partial charge in [0.15, 0.2) is 6.61 Å². The number of hydrogen-bond donors (Lipinski definition) is 1. The van der Waals surface area contributed by atoms with Crippen LogP contribution in [-0.4, -0.2) is 25.1 Å². The largest absolute Gasteiger partial charge is 0.484 e. The van der Waals surface area contributed by atoms with Crippen molar-refractivity contribution in [1.29, 1.82) is 0 Å². The topological polar surface area (TPSA) is 64.6 Å². The van der Waals surface area contributed by atoms with Crippen LogP contribution in [0.25, 0.3) is 0 Å². The van der Waals surface area contributed by atoms with Gasteiger partial charge in [0.25, 0.3) is 5.91 Å². The molecular formula is C18H18ClNO4S. The highest BCUT2D eigenvalue weighted by atomic mass is 35.5. The number of amides is 1. The lowest BCUT2D eigenvalue weighted by Crippen LogP contribution is -2.21. The summed E-state index contributed by atoms with van der Waals surface area (Å²) in [5, 5.41) is 3.87. The van der Waals surface area contributed by atoms with E-state index in [1.54, 1.807) is 31.2 Å². The molecule has 0 unspecified atom stereocenters. The third-order valence-electron chi connectivity index (χ3n) is 3.82. The smallest absolute Gasteiger partial charge is 0.341 e. The van der Waals surface area contributed by atoms with Crippen LogP contribution in [0.3, 0.4) is 0 Å². The first-order valence-corrected chi connectivity index (χ1v) is 9.27. The van der Waals surface area contributed by atoms with Crippen LogP contribution < -0.4 is 10.1 Å². The van der Waals surface area contributed by atoms with Gasteiger partial charge in [0.2, 0.25) is 0 Å². The van der Waals surface area contributed by atoms with Crippen LogP contribution in [0.1, 0.15) is 34.1 Å². The van der Waals surface area contributed by atoms with E-state index in [-0.39, 0.29) is 18.5 Å². The molecule has 0 radical (unpaired) electrons. The van der Waals surface area contributed by atoms with Crippen molar-refractivity contribution in [3.8, 4) is 5.75 Å². The predicted molar refractivity (Wildman–Crippen MR) is 97.9 cm³/mol. The highest BCUT2D eigenvalue weighted by molar-refractivity contribution is 7.17. The van der Waals surface area contributed by atoms with Crippen LogP contribution in [0, 0.1) is 0 Å². The highest BCUT2D eigenvalue weighted by Gasteiger charge is 2.28. The molecule has 7 heteroatoms. The maximum absolute atomic E-state index is 12.3. The summed E-state index contributed by atoms with van der Waals surface area (Å²) in [6.45, 7) is 1.90. The van der Waals surface area contributed by atoms with Gasteiger partial charge in [-0.05, 0) is 49.9 Å². The molecule has 0 atom stereocenters. The number of aryl methyl sites for hydroxylation is 1. The summed E-state index contributed by atoms with van der Waals surface area (Å²) in [7, 11) is 0. The zero-order chi connectivity index (χ0) is 17.8. The normalized spacial score (nSPS) is 12.6. The molecule has 3 rings (SSSR count). The minimum Gasteiger partial charge on any atom is -0.484 e. The van der Waals surface area contributed by atoms with E-state index in [0.29, 0.717) is 27.9 Å². The number of anilines is 1. The Morgan fingerprint density at radius 3 is 2.92 bits per heavy atom. The quantitative estimate of drug-likeness (QED) is 0.768. The average molecular weight is 380 g/mol. The third-order valence-corrected chi connectivity index (χ3v) is 5.26. The standard InChI is InChI=1S/C18H18ClNO4S/c1-2-23-18(22)16-13-7-4-8-14(13)25-17(16)20-15(21)10-24-12-6-3-5-11(19)9-12/h3,5-6,9H,2,4,7-8,10H2,1H3,(H,20,21). The van der Waals surface area contributed by atoms with Gasteiger partial charge in [0.05, 0.1) is 12.2 Å². The van der Waals surface area contributed by atoms with Crippen molar-refractivity contribution < 1.29 is 19.1 Å². The van der Waals surface area contributed by atoms with E-state index in [1.807, 2.05) is 0 Å². The van der Waals surface area contributed by atoms with Gasteiger partial charge in [-0.3, -0.25) is 4.79 Å². The second-order valence-corrected chi connectivity index (χ2v) is 7.12. The number of hydrogen-bond acceptors (Lipinski definition) is 5. The fourth-order valence-electron chi connectivity index (χ4n) is 2.78. The highest BCUT2D eigenvalue weighted by Crippen LogP contribution is 2.39. The molecule has 1 aliphatic carbocycles. The van der Waals surface area contributed by atoms with Gasteiger partial charge in [-0.25, -0.2) is 4.79 Å². The lowest BCUT2D eigenvalue weighted by molar-refractivity contribution is -0.118. The molecule has 2 aromatic rings. The molecule has 132 valence electrons. The maximum atomic E-state index is 12.3. The number of carbonyl (C=O) groups is 2. The number of ether oxygens (including phenoxy) is 2. The van der Waals surface area contributed by atoms with Crippen LogP contribution in [0.2, 0.25) is 5.02 Å². The molecule has 1 aliphatic rings. The fraction of sp³-hybridized carbons (Fsp3) is 0.333. The average Bonchev–Trinajstić information content (AvgIpc) is 3.13. The first-order valence-electron chi connectivity index (χ1n) is 8.08. The van der Waals surface area contributed by atoms with Crippen molar-refractivity contribution in [2.45, 2.75) is 26.2 Å². The Bertz CT molecular complexity index is 802. The Kier molecular flexibility index (Phi) is 5.60. The van der Waals surface area contributed by atoms with Crippen LogP contribution in [0.4, 0.5) is 5.00 Å². The molecule has 0 saturated heterocycles. The van der Waals surface area contributed by atoms with Crippen molar-refractivity contribution in [2.24, 2.45) is 0 Å². The lowest BCUT2D eigenvalue weighted by atomic mass is 10.1. The van der Waals surface area contributed by atoms with Crippen LogP contribution in [0.15, 0.2) is 24.3 Å². The maximum Gasteiger partial charge on any atom is 0.341 e. The van der Waals surface area contributed by atoms with Gasteiger partial charge in [0, 0.05) is 9.90 Å². The van der Waals surface area contributed by atoms with Gasteiger partial charge in [-0.15, -0.1) is 11.3 Å². The summed E-state index contributed by atoms with van der Waals surface area (Å²) < 4.78 is 10.6. The van der Waals surface area contributed by atoms with Gasteiger partial charge in [0.1, 0.15) is 10.8 Å². The van der Waals surface area contributed by atoms with Crippen molar-refractivity contribution >= 4 is 39.8 Å². The third kappa shape index (κ3) is 4.14. The molecule has 0 bridgehead atoms. The number of halogens is 1. The van der Waals surface area contributed by atoms with Crippen LogP contribution in [0.5, 0.6) is 5.75 Å². The Morgan fingerprint density at radius 1 is 1.32 bits per heavy atom. The van der Waals surface area contributed by atoms with Crippen molar-refractivity contribution in [2.75, 3.05) is 18.5 Å². The second-order valence-electron chi connectivity index (χ2n) is 5.58. The van der Waals surface area contributed by atoms with E-state index in [9.17, 15) is 9.59 Å². The second kappa shape index (κ2) is 7.89. The molecular weight excluding hydrogens is 362 g/mol. The fourth-order valence-corrected chi connectivity index (χ4v) is 4.25. The number of benzene rings is 1. The van der Waals surface area contributed by atoms with E-state index in [0.717, 1.165) is 29.7 Å². The van der Waals surface area contributed by atoms with Crippen LogP contribution in [-0.2, 0) is 22.4 Å². The first kappa shape index (κ1) is 17.8. The first-order chi connectivity index (χ1) is 12.1. The minimum atomic E-state index is -0.382. The van der Waals surface area contributed by atoms with E-state index >= 15 is 0 Å². The van der Waals surface area contributed by atoms with Crippen molar-refractivity contribution in [1.82, 2.24) is 0 Å². The Balaban J connectivity index is 1.69. The molecule has 1 N–H and O–H groups in total. The molecule has 0 spiro atoms. The Morgan fingerprint density at radius 2 is 2.16 bits per heavy atom. The van der Waals surface area contributed by atoms with Gasteiger partial charge >= 0.3 is 5.97 Å². The molecule has 1 heterocycles. The van der Waals surface area contributed by atoms with Gasteiger partial charge < -0.3 is 14.8 Å². The lowest BCUT2D eigenvalue weighted by Gasteiger charge is -2.09. The number of thiophene rings is 1. The molecule has 0 aliphatic heterocycles. The molecule has 1 aromatic heterocycles. The summed E-state index contributed by atoms with van der Waals surface area (Å²) in [6.07, 6.45) is 2.80. The monoisotopic (exact) mass is 379 g/mol. The van der Waals surface area contributed by atoms with Crippen molar-refractivity contribution in [3.05, 3.63) is 45.3 Å². The molecule has 25 heavy (non-hydrogen) atoms. The summed E-state index contributed by atoms with van der Waals surface area (Å²) in [6, 6.07) is 6.84. The molecule has 1 amide bonds. The minimum absolute atomic E-state index is 0.162. The molecule has 0 fully saturated rings. The Labute approximate surface area is 154 Å². The SMILES string of the molecule is CCOC(=O)c1c(NC(=O)COc2cccc(Cl)c2)sc2c1CCC2. The van der Waals surface area contributed by atoms with Gasteiger partial charge in [-0.1, -0.05) is 17.7 Å². The summed E-state index contributed by atoms with van der Waals surface area (Å²) in [5.74, 6) is -0.194. The summed E-state index contributed by atoms with van der Waals surface area (Å²) >= 11 is 7.33. The van der Waals surface area contributed by atoms with E-state index in [2.05, 4.69) is 5.32 Å². The number of rotatable bonds is 6. The molecule has 1 aromatic carbocycles. The molecule has 0 saturated carbocycles. The van der Waals surface area contributed by atoms with Crippen LogP contribution >= 0.6 is 22.9 Å². The zero-order valence-electron chi connectivity index (χ0n) is 13.8. The zero-order valence-corrected chi connectivity index (χ0v) is 15.3. The number of fused-ring (bicyclic) bond motifs is 1. The van der Waals surface area contributed by atoms with Crippen molar-refractivity contribution in [3.63, 3.8) is 0 Å². The molecule has 5 nitrogen and oxygen atoms in total. The van der Waals surface area contributed by atoms with E-state index in [1.165, 1.54) is 11.3 Å². The van der Waals surface area contributed by atoms with Gasteiger partial charge in [-0.2, -0.15) is 0 Å². The number of carbonyl (C=O) groups excluding carboxylic acids is 2. The Hall–Kier alpha value is -2.05. The number of nitrogens with one attached hydrogen (secondary N) is 1. The summed E-state index contributed by atoms with van der Waals surface area (Å²) in [5.41, 5.74) is 1.50. The summed E-state index contributed by atoms with van der Waals surface area (Å²) in [4.78, 5) is 25.6. The number of esters is 1. The predicted octanol–water partition coefficient (Wildman–Crippen LogP) is 4.08. The van der Waals surface area contributed by atoms with E-state index < -0.39 is 0 Å². The van der Waals surface area contributed by atoms with E-state index in [4.69, 9.17) is 21.1 Å².